The van der Waals surface area contributed by atoms with Gasteiger partial charge in [-0.05, 0) is 48.0 Å². The van der Waals surface area contributed by atoms with Crippen molar-refractivity contribution in [1.82, 2.24) is 5.32 Å². The van der Waals surface area contributed by atoms with E-state index in [0.29, 0.717) is 11.4 Å². The van der Waals surface area contributed by atoms with Crippen LogP contribution in [0.1, 0.15) is 12.5 Å². The average molecular weight is 384 g/mol. The minimum absolute atomic E-state index is 0.163. The van der Waals surface area contributed by atoms with Gasteiger partial charge in [0.15, 0.2) is 0 Å². The fraction of sp³-hybridized carbons (Fsp3) is 0.0435. The summed E-state index contributed by atoms with van der Waals surface area (Å²) in [6.45, 7) is 1.36. The molecule has 0 spiro atoms. The van der Waals surface area contributed by atoms with Crippen LogP contribution in [0.15, 0.2) is 101 Å². The third-order valence-corrected chi connectivity index (χ3v) is 3.83. The first-order valence-electron chi connectivity index (χ1n) is 9.03. The van der Waals surface area contributed by atoms with E-state index in [0.717, 1.165) is 11.3 Å². The zero-order valence-electron chi connectivity index (χ0n) is 15.9. The van der Waals surface area contributed by atoms with Crippen LogP contribution in [0.4, 0.5) is 17.1 Å². The summed E-state index contributed by atoms with van der Waals surface area (Å²) in [5.74, 6) is -0.735. The van der Waals surface area contributed by atoms with Gasteiger partial charge in [-0.1, -0.05) is 48.5 Å². The van der Waals surface area contributed by atoms with Crippen molar-refractivity contribution in [3.8, 4) is 0 Å². The van der Waals surface area contributed by atoms with Crippen LogP contribution in [-0.2, 0) is 9.59 Å². The predicted molar refractivity (Wildman–Crippen MR) is 114 cm³/mol. The summed E-state index contributed by atoms with van der Waals surface area (Å²) in [5, 5.41) is 13.7. The molecule has 0 fully saturated rings. The van der Waals surface area contributed by atoms with Crippen molar-refractivity contribution in [2.24, 2.45) is 10.2 Å². The molecule has 0 aromatic heterocycles. The Morgan fingerprint density at radius 3 is 1.90 bits per heavy atom. The van der Waals surface area contributed by atoms with E-state index in [1.165, 1.54) is 6.92 Å². The summed E-state index contributed by atoms with van der Waals surface area (Å²) in [4.78, 5) is 24.1. The molecule has 0 saturated carbocycles. The van der Waals surface area contributed by atoms with Gasteiger partial charge in [0, 0.05) is 12.6 Å². The molecule has 29 heavy (non-hydrogen) atoms. The molecule has 0 radical (unpaired) electrons. The van der Waals surface area contributed by atoms with Crippen LogP contribution in [0.3, 0.4) is 0 Å². The largest absolute Gasteiger partial charge is 0.322 e. The number of carbonyl (C=O) groups excluding carboxylic acids is 2. The van der Waals surface area contributed by atoms with E-state index in [-0.39, 0.29) is 11.6 Å². The Morgan fingerprint density at radius 2 is 1.31 bits per heavy atom. The Bertz CT molecular complexity index is 1030. The maximum atomic E-state index is 12.6. The molecule has 0 saturated heterocycles. The monoisotopic (exact) mass is 384 g/mol. The summed E-state index contributed by atoms with van der Waals surface area (Å²) < 4.78 is 0. The zero-order chi connectivity index (χ0) is 20.5. The molecule has 0 unspecified atom stereocenters. The van der Waals surface area contributed by atoms with Gasteiger partial charge in [-0.2, -0.15) is 10.2 Å². The van der Waals surface area contributed by atoms with Gasteiger partial charge in [0.2, 0.25) is 5.91 Å². The summed E-state index contributed by atoms with van der Waals surface area (Å²) in [6, 6.07) is 25.7. The highest BCUT2D eigenvalue weighted by molar-refractivity contribution is 6.08. The van der Waals surface area contributed by atoms with Crippen molar-refractivity contribution < 1.29 is 9.59 Å². The summed E-state index contributed by atoms with van der Waals surface area (Å²) >= 11 is 0. The number of nitrogens with one attached hydrogen (secondary N) is 2. The number of rotatable bonds is 6. The topological polar surface area (TPSA) is 82.9 Å². The highest BCUT2D eigenvalue weighted by Gasteiger charge is 2.11. The van der Waals surface area contributed by atoms with Crippen molar-refractivity contribution >= 4 is 35.0 Å². The van der Waals surface area contributed by atoms with Crippen molar-refractivity contribution in [2.45, 2.75) is 6.92 Å². The Morgan fingerprint density at radius 1 is 0.759 bits per heavy atom. The predicted octanol–water partition coefficient (Wildman–Crippen LogP) is 5.22. The third kappa shape index (κ3) is 6.25. The zero-order valence-corrected chi connectivity index (χ0v) is 15.9. The second kappa shape index (κ2) is 9.75. The fourth-order valence-electron chi connectivity index (χ4n) is 2.48. The van der Waals surface area contributed by atoms with Crippen LogP contribution in [-0.4, -0.2) is 11.8 Å². The molecule has 6 heteroatoms. The molecule has 0 heterocycles. The number of hydrogen-bond acceptors (Lipinski definition) is 4. The van der Waals surface area contributed by atoms with E-state index in [9.17, 15) is 9.59 Å². The van der Waals surface area contributed by atoms with Crippen LogP contribution in [0.5, 0.6) is 0 Å². The minimum atomic E-state index is -0.414. The molecule has 2 amide bonds. The maximum absolute atomic E-state index is 12.6. The van der Waals surface area contributed by atoms with Gasteiger partial charge in [0.05, 0.1) is 11.4 Å². The second-order valence-corrected chi connectivity index (χ2v) is 6.19. The smallest absolute Gasteiger partial charge is 0.272 e. The number of benzene rings is 3. The van der Waals surface area contributed by atoms with E-state index in [2.05, 4.69) is 20.9 Å². The van der Waals surface area contributed by atoms with Gasteiger partial charge in [0.1, 0.15) is 5.70 Å². The van der Waals surface area contributed by atoms with E-state index in [4.69, 9.17) is 0 Å². The first-order chi connectivity index (χ1) is 14.1. The van der Waals surface area contributed by atoms with Gasteiger partial charge < -0.3 is 10.6 Å². The first kappa shape index (κ1) is 19.7. The Balaban J connectivity index is 1.70. The van der Waals surface area contributed by atoms with E-state index < -0.39 is 5.91 Å². The van der Waals surface area contributed by atoms with Crippen LogP contribution in [0.2, 0.25) is 0 Å². The van der Waals surface area contributed by atoms with E-state index >= 15 is 0 Å². The number of amides is 2. The number of carbonyl (C=O) groups is 2. The number of hydrogen-bond donors (Lipinski definition) is 2. The van der Waals surface area contributed by atoms with Crippen LogP contribution in [0, 0.1) is 0 Å². The lowest BCUT2D eigenvalue weighted by Crippen LogP contribution is -2.28. The lowest BCUT2D eigenvalue weighted by molar-refractivity contribution is -0.120. The molecule has 144 valence electrons. The van der Waals surface area contributed by atoms with Crippen LogP contribution < -0.4 is 10.6 Å². The van der Waals surface area contributed by atoms with Crippen molar-refractivity contribution in [1.29, 1.82) is 0 Å². The van der Waals surface area contributed by atoms with Gasteiger partial charge >= 0.3 is 0 Å². The number of anilines is 1. The summed E-state index contributed by atoms with van der Waals surface area (Å²) in [5.41, 5.74) is 2.97. The number of nitrogens with zero attached hydrogens (tertiary/aromatic N) is 2. The molecule has 0 bridgehead atoms. The van der Waals surface area contributed by atoms with Crippen LogP contribution >= 0.6 is 0 Å². The van der Waals surface area contributed by atoms with E-state index in [1.807, 2.05) is 60.7 Å². The quantitative estimate of drug-likeness (QED) is 0.451. The van der Waals surface area contributed by atoms with Crippen LogP contribution in [0.25, 0.3) is 6.08 Å². The van der Waals surface area contributed by atoms with E-state index in [1.54, 1.807) is 30.3 Å². The normalized spacial score (nSPS) is 11.3. The lowest BCUT2D eigenvalue weighted by Gasteiger charge is -2.10. The van der Waals surface area contributed by atoms with Gasteiger partial charge in [-0.15, -0.1) is 0 Å². The van der Waals surface area contributed by atoms with Crippen molar-refractivity contribution in [2.75, 3.05) is 5.32 Å². The molecule has 3 aromatic rings. The van der Waals surface area contributed by atoms with Crippen molar-refractivity contribution in [3.05, 3.63) is 96.2 Å². The molecule has 0 aliphatic carbocycles. The Kier molecular flexibility index (Phi) is 6.62. The molecular formula is C23H20N4O2. The lowest BCUT2D eigenvalue weighted by atomic mass is 10.2. The fourth-order valence-corrected chi connectivity index (χ4v) is 2.48. The molecule has 0 aliphatic rings. The second-order valence-electron chi connectivity index (χ2n) is 6.19. The molecule has 0 aliphatic heterocycles. The van der Waals surface area contributed by atoms with Crippen molar-refractivity contribution in [3.63, 3.8) is 0 Å². The minimum Gasteiger partial charge on any atom is -0.322 e. The Hall–Kier alpha value is -4.06. The van der Waals surface area contributed by atoms with Gasteiger partial charge in [0.25, 0.3) is 5.91 Å². The highest BCUT2D eigenvalue weighted by Crippen LogP contribution is 2.20. The molecule has 3 rings (SSSR count). The van der Waals surface area contributed by atoms with Gasteiger partial charge in [-0.3, -0.25) is 9.59 Å². The molecule has 3 aromatic carbocycles. The molecule has 0 atom stereocenters. The molecule has 6 nitrogen and oxygen atoms in total. The maximum Gasteiger partial charge on any atom is 0.272 e. The van der Waals surface area contributed by atoms with Gasteiger partial charge in [-0.25, -0.2) is 0 Å². The Labute approximate surface area is 169 Å². The first-order valence-corrected chi connectivity index (χ1v) is 9.03. The summed E-state index contributed by atoms with van der Waals surface area (Å²) in [7, 11) is 0. The number of azo groups is 1. The highest BCUT2D eigenvalue weighted by atomic mass is 16.2. The molecule has 2 N–H and O–H groups in total. The molecular weight excluding hydrogens is 364 g/mol. The summed E-state index contributed by atoms with van der Waals surface area (Å²) in [6.07, 6.45) is 1.62. The third-order valence-electron chi connectivity index (χ3n) is 3.83. The standard InChI is InChI=1S/C23H20N4O2/c1-17(28)24-22(16-18-8-4-2-5-9-18)23(29)25-19-12-14-21(15-13-19)27-26-20-10-6-3-7-11-20/h2-16H,1H3,(H,24,28)(H,25,29)/b22-16+,27-26?. The average Bonchev–Trinajstić information content (AvgIpc) is 2.74. The SMILES string of the molecule is CC(=O)N/C(=C/c1ccccc1)C(=O)Nc1ccc(N=Nc2ccccc2)cc1.